The van der Waals surface area contributed by atoms with Crippen LogP contribution in [0.1, 0.15) is 15.9 Å². The topological polar surface area (TPSA) is 47.8 Å². The number of benzene rings is 1. The monoisotopic (exact) mass is 321 g/mol. The van der Waals surface area contributed by atoms with Crippen LogP contribution in [0.5, 0.6) is 0 Å². The van der Waals surface area contributed by atoms with E-state index in [0.717, 1.165) is 19.2 Å². The molecule has 0 saturated carbocycles. The van der Waals surface area contributed by atoms with E-state index in [2.05, 4.69) is 4.74 Å². The molecule has 0 aliphatic rings. The van der Waals surface area contributed by atoms with Gasteiger partial charge in [0.25, 0.3) is 5.56 Å². The van der Waals surface area contributed by atoms with Gasteiger partial charge in [-0.3, -0.25) is 9.20 Å². The third-order valence-electron chi connectivity index (χ3n) is 3.57. The Morgan fingerprint density at radius 2 is 1.87 bits per heavy atom. The Bertz CT molecular complexity index is 989. The second kappa shape index (κ2) is 5.12. The molecule has 1 aromatic carbocycles. The lowest BCUT2D eigenvalue weighted by molar-refractivity contribution is -0.137. The fraction of sp³-hybridized carbons (Fsp3) is 0.125. The van der Waals surface area contributed by atoms with Crippen LogP contribution < -0.4 is 5.56 Å². The van der Waals surface area contributed by atoms with Gasteiger partial charge in [-0.25, -0.2) is 4.79 Å². The molecular formula is C16H10F3NO3. The summed E-state index contributed by atoms with van der Waals surface area (Å²) in [6, 6.07) is 7.81. The Hall–Kier alpha value is -2.83. The van der Waals surface area contributed by atoms with E-state index in [1.165, 1.54) is 16.7 Å². The van der Waals surface area contributed by atoms with Gasteiger partial charge in [-0.2, -0.15) is 13.2 Å². The summed E-state index contributed by atoms with van der Waals surface area (Å²) < 4.78 is 44.6. The number of hydrogen-bond acceptors (Lipinski definition) is 3. The minimum atomic E-state index is -4.58. The standard InChI is InChI=1S/C16H10F3NO3/c1-23-15(22)13-11-8-9(16(17,18)19)5-6-10(11)12-4-2-3-7-20(12)14(13)21/h2-8H,1H3. The predicted molar refractivity (Wildman–Crippen MR) is 77.5 cm³/mol. The van der Waals surface area contributed by atoms with Gasteiger partial charge in [-0.1, -0.05) is 12.1 Å². The summed E-state index contributed by atoms with van der Waals surface area (Å²) in [7, 11) is 1.07. The van der Waals surface area contributed by atoms with E-state index in [0.29, 0.717) is 10.9 Å². The lowest BCUT2D eigenvalue weighted by Crippen LogP contribution is -2.23. The first kappa shape index (κ1) is 15.1. The summed E-state index contributed by atoms with van der Waals surface area (Å²) in [5, 5.41) is 0.279. The first-order valence-electron chi connectivity index (χ1n) is 6.57. The van der Waals surface area contributed by atoms with Crippen molar-refractivity contribution in [1.82, 2.24) is 4.40 Å². The normalized spacial score (nSPS) is 11.8. The molecule has 3 aromatic rings. The fourth-order valence-corrected chi connectivity index (χ4v) is 2.53. The number of halogens is 3. The van der Waals surface area contributed by atoms with Crippen molar-refractivity contribution >= 4 is 22.3 Å². The van der Waals surface area contributed by atoms with E-state index in [-0.39, 0.29) is 5.39 Å². The average Bonchev–Trinajstić information content (AvgIpc) is 2.53. The number of nitrogens with zero attached hydrogens (tertiary/aromatic N) is 1. The van der Waals surface area contributed by atoms with E-state index in [1.54, 1.807) is 18.2 Å². The van der Waals surface area contributed by atoms with Crippen molar-refractivity contribution in [2.45, 2.75) is 6.18 Å². The maximum absolute atomic E-state index is 12.9. The molecule has 0 bridgehead atoms. The molecule has 0 aliphatic heterocycles. The highest BCUT2D eigenvalue weighted by molar-refractivity contribution is 6.09. The molecule has 118 valence electrons. The predicted octanol–water partition coefficient (Wildman–Crippen LogP) is 3.26. The van der Waals surface area contributed by atoms with Gasteiger partial charge in [0.1, 0.15) is 5.56 Å². The van der Waals surface area contributed by atoms with Crippen molar-refractivity contribution in [2.75, 3.05) is 7.11 Å². The van der Waals surface area contributed by atoms with E-state index in [9.17, 15) is 22.8 Å². The van der Waals surface area contributed by atoms with Crippen molar-refractivity contribution < 1.29 is 22.7 Å². The molecule has 7 heteroatoms. The summed E-state index contributed by atoms with van der Waals surface area (Å²) in [6.07, 6.45) is -3.13. The Labute approximate surface area is 127 Å². The van der Waals surface area contributed by atoms with E-state index in [1.807, 2.05) is 0 Å². The Morgan fingerprint density at radius 3 is 2.52 bits per heavy atom. The molecule has 0 N–H and O–H groups in total. The third-order valence-corrected chi connectivity index (χ3v) is 3.57. The number of carbonyl (C=O) groups excluding carboxylic acids is 1. The molecule has 0 fully saturated rings. The minimum Gasteiger partial charge on any atom is -0.465 e. The number of rotatable bonds is 1. The molecule has 4 nitrogen and oxygen atoms in total. The zero-order valence-electron chi connectivity index (χ0n) is 11.8. The van der Waals surface area contributed by atoms with E-state index in [4.69, 9.17) is 0 Å². The minimum absolute atomic E-state index is 0.0807. The molecule has 0 atom stereocenters. The zero-order valence-corrected chi connectivity index (χ0v) is 11.8. The number of hydrogen-bond donors (Lipinski definition) is 0. The van der Waals surface area contributed by atoms with Crippen molar-refractivity contribution in [1.29, 1.82) is 0 Å². The average molecular weight is 321 g/mol. The van der Waals surface area contributed by atoms with Crippen LogP contribution >= 0.6 is 0 Å². The van der Waals surface area contributed by atoms with Crippen molar-refractivity contribution in [3.63, 3.8) is 0 Å². The number of carbonyl (C=O) groups is 1. The number of fused-ring (bicyclic) bond motifs is 3. The summed E-state index contributed by atoms with van der Waals surface area (Å²) in [4.78, 5) is 24.4. The summed E-state index contributed by atoms with van der Waals surface area (Å²) in [6.45, 7) is 0. The molecule has 3 rings (SSSR count). The van der Waals surface area contributed by atoms with E-state index >= 15 is 0 Å². The number of alkyl halides is 3. The van der Waals surface area contributed by atoms with Crippen LogP contribution in [-0.2, 0) is 10.9 Å². The van der Waals surface area contributed by atoms with Gasteiger partial charge in [-0.15, -0.1) is 0 Å². The van der Waals surface area contributed by atoms with Crippen LogP contribution in [-0.4, -0.2) is 17.5 Å². The Balaban J connectivity index is 2.55. The first-order valence-corrected chi connectivity index (χ1v) is 6.57. The summed E-state index contributed by atoms with van der Waals surface area (Å²) in [5.41, 5.74) is -1.67. The zero-order chi connectivity index (χ0) is 16.8. The van der Waals surface area contributed by atoms with Gasteiger partial charge < -0.3 is 4.74 Å². The highest BCUT2D eigenvalue weighted by Gasteiger charge is 2.31. The lowest BCUT2D eigenvalue weighted by Gasteiger charge is -2.12. The lowest BCUT2D eigenvalue weighted by atomic mass is 10.0. The summed E-state index contributed by atoms with van der Waals surface area (Å²) in [5.74, 6) is -0.974. The van der Waals surface area contributed by atoms with Crippen molar-refractivity contribution in [2.24, 2.45) is 0 Å². The molecular weight excluding hydrogens is 311 g/mol. The second-order valence-corrected chi connectivity index (χ2v) is 4.89. The number of aromatic nitrogens is 1. The largest absolute Gasteiger partial charge is 0.465 e. The first-order chi connectivity index (χ1) is 10.8. The highest BCUT2D eigenvalue weighted by Crippen LogP contribution is 2.33. The quantitative estimate of drug-likeness (QED) is 0.510. The van der Waals surface area contributed by atoms with Crippen LogP contribution in [0.3, 0.4) is 0 Å². The van der Waals surface area contributed by atoms with Gasteiger partial charge in [0, 0.05) is 17.0 Å². The Morgan fingerprint density at radius 1 is 1.13 bits per heavy atom. The van der Waals surface area contributed by atoms with Crippen LogP contribution in [0.15, 0.2) is 47.4 Å². The molecule has 0 radical (unpaired) electrons. The molecule has 23 heavy (non-hydrogen) atoms. The van der Waals surface area contributed by atoms with Gasteiger partial charge in [0.05, 0.1) is 18.2 Å². The molecule has 0 unspecified atom stereocenters. The number of ether oxygens (including phenoxy) is 1. The van der Waals surface area contributed by atoms with Gasteiger partial charge in [-0.05, 0) is 24.3 Å². The van der Waals surface area contributed by atoms with Crippen LogP contribution in [0.2, 0.25) is 0 Å². The Kier molecular flexibility index (Phi) is 3.35. The molecule has 0 amide bonds. The van der Waals surface area contributed by atoms with Crippen molar-refractivity contribution in [3.05, 3.63) is 64.1 Å². The van der Waals surface area contributed by atoms with Crippen LogP contribution in [0.4, 0.5) is 13.2 Å². The third kappa shape index (κ3) is 2.34. The molecule has 0 aliphatic carbocycles. The fourth-order valence-electron chi connectivity index (χ4n) is 2.53. The SMILES string of the molecule is COC(=O)c1c(=O)n2ccccc2c2ccc(C(F)(F)F)cc12. The summed E-state index contributed by atoms with van der Waals surface area (Å²) >= 11 is 0. The maximum atomic E-state index is 12.9. The molecule has 2 aromatic heterocycles. The van der Waals surface area contributed by atoms with Crippen molar-refractivity contribution in [3.8, 4) is 0 Å². The smallest absolute Gasteiger partial charge is 0.416 e. The number of methoxy groups -OCH3 is 1. The van der Waals surface area contributed by atoms with Crippen LogP contribution in [0, 0.1) is 0 Å². The van der Waals surface area contributed by atoms with Crippen LogP contribution in [0.25, 0.3) is 16.3 Å². The molecule has 0 saturated heterocycles. The number of esters is 1. The second-order valence-electron chi connectivity index (χ2n) is 4.89. The van der Waals surface area contributed by atoms with Gasteiger partial charge >= 0.3 is 12.1 Å². The van der Waals surface area contributed by atoms with Gasteiger partial charge in [0.2, 0.25) is 0 Å². The molecule has 2 heterocycles. The van der Waals surface area contributed by atoms with E-state index < -0.39 is 28.8 Å². The highest BCUT2D eigenvalue weighted by atomic mass is 19.4. The molecule has 0 spiro atoms. The van der Waals surface area contributed by atoms with Gasteiger partial charge in [0.15, 0.2) is 0 Å². The number of pyridine rings is 2. The maximum Gasteiger partial charge on any atom is 0.416 e.